The normalized spacial score (nSPS) is 10.3. The van der Waals surface area contributed by atoms with Crippen molar-refractivity contribution in [3.05, 3.63) is 48.0 Å². The van der Waals surface area contributed by atoms with Crippen LogP contribution in [0.5, 0.6) is 17.2 Å². The van der Waals surface area contributed by atoms with Crippen LogP contribution in [-0.2, 0) is 6.54 Å². The van der Waals surface area contributed by atoms with Gasteiger partial charge in [0.2, 0.25) is 5.75 Å². The van der Waals surface area contributed by atoms with Gasteiger partial charge in [-0.15, -0.1) is 0 Å². The number of aliphatic hydroxyl groups is 1. The van der Waals surface area contributed by atoms with E-state index >= 15 is 0 Å². The Morgan fingerprint density at radius 1 is 0.966 bits per heavy atom. The molecule has 0 atom stereocenters. The van der Waals surface area contributed by atoms with Crippen molar-refractivity contribution in [1.29, 1.82) is 0 Å². The molecule has 29 heavy (non-hydrogen) atoms. The van der Waals surface area contributed by atoms with E-state index in [1.165, 1.54) is 0 Å². The van der Waals surface area contributed by atoms with Gasteiger partial charge in [0, 0.05) is 25.2 Å². The van der Waals surface area contributed by atoms with Gasteiger partial charge in [0.1, 0.15) is 0 Å². The van der Waals surface area contributed by atoms with E-state index in [1.807, 2.05) is 51.1 Å². The van der Waals surface area contributed by atoms with Crippen molar-refractivity contribution < 1.29 is 24.1 Å². The summed E-state index contributed by atoms with van der Waals surface area (Å²) in [5, 5.41) is 12.2. The SMILES string of the molecule is CCOc1cc(NC(=O)N(CCO)Cc2ccccc2)cc(OCC)c1OCC. The molecule has 0 radical (unpaired) electrons. The van der Waals surface area contributed by atoms with Gasteiger partial charge in [-0.25, -0.2) is 4.79 Å². The van der Waals surface area contributed by atoms with E-state index in [0.29, 0.717) is 49.3 Å². The lowest BCUT2D eigenvalue weighted by atomic mass is 10.2. The Bertz CT molecular complexity index is 740. The summed E-state index contributed by atoms with van der Waals surface area (Å²) >= 11 is 0. The largest absolute Gasteiger partial charge is 0.490 e. The first-order chi connectivity index (χ1) is 14.1. The van der Waals surface area contributed by atoms with Gasteiger partial charge in [-0.2, -0.15) is 0 Å². The first-order valence-electron chi connectivity index (χ1n) is 9.90. The number of nitrogens with zero attached hydrogens (tertiary/aromatic N) is 1. The Labute approximate surface area is 172 Å². The summed E-state index contributed by atoms with van der Waals surface area (Å²) in [5.41, 5.74) is 1.51. The molecule has 0 saturated carbocycles. The third-order valence-electron chi connectivity index (χ3n) is 4.03. The fourth-order valence-corrected chi connectivity index (χ4v) is 2.84. The van der Waals surface area contributed by atoms with Crippen LogP contribution in [-0.4, -0.2) is 49.0 Å². The van der Waals surface area contributed by atoms with Gasteiger partial charge in [0.15, 0.2) is 11.5 Å². The molecule has 2 N–H and O–H groups in total. The zero-order valence-electron chi connectivity index (χ0n) is 17.3. The molecule has 158 valence electrons. The van der Waals surface area contributed by atoms with Crippen molar-refractivity contribution in [3.63, 3.8) is 0 Å². The van der Waals surface area contributed by atoms with E-state index in [9.17, 15) is 9.90 Å². The average Bonchev–Trinajstić information content (AvgIpc) is 2.71. The fraction of sp³-hybridized carbons (Fsp3) is 0.409. The summed E-state index contributed by atoms with van der Waals surface area (Å²) < 4.78 is 17.1. The second-order valence-electron chi connectivity index (χ2n) is 6.16. The quantitative estimate of drug-likeness (QED) is 0.596. The number of carbonyl (C=O) groups is 1. The Morgan fingerprint density at radius 3 is 2.07 bits per heavy atom. The lowest BCUT2D eigenvalue weighted by Gasteiger charge is -2.23. The highest BCUT2D eigenvalue weighted by Gasteiger charge is 2.18. The molecule has 2 aromatic rings. The molecular weight excluding hydrogens is 372 g/mol. The van der Waals surface area contributed by atoms with Crippen molar-refractivity contribution in [3.8, 4) is 17.2 Å². The number of ether oxygens (including phenoxy) is 3. The molecule has 0 aliphatic heterocycles. The number of rotatable bonds is 11. The summed E-state index contributed by atoms with van der Waals surface area (Å²) in [5.74, 6) is 1.53. The first-order valence-corrected chi connectivity index (χ1v) is 9.90. The summed E-state index contributed by atoms with van der Waals surface area (Å²) in [6.07, 6.45) is 0. The zero-order chi connectivity index (χ0) is 21.1. The van der Waals surface area contributed by atoms with E-state index in [2.05, 4.69) is 5.32 Å². The Kier molecular flexibility index (Phi) is 9.11. The molecule has 0 aliphatic rings. The summed E-state index contributed by atoms with van der Waals surface area (Å²) in [6.45, 7) is 7.49. The molecule has 2 amide bonds. The molecule has 0 aromatic heterocycles. The molecule has 7 heteroatoms. The standard InChI is InChI=1S/C22H30N2O5/c1-4-27-19-14-18(15-20(28-5-2)21(19)29-6-3)23-22(26)24(12-13-25)16-17-10-8-7-9-11-17/h7-11,14-15,25H,4-6,12-13,16H2,1-3H3,(H,23,26). The molecule has 0 unspecified atom stereocenters. The first kappa shape index (κ1) is 22.4. The number of amides is 2. The number of nitrogens with one attached hydrogen (secondary N) is 1. The monoisotopic (exact) mass is 402 g/mol. The highest BCUT2D eigenvalue weighted by Crippen LogP contribution is 2.40. The third kappa shape index (κ3) is 6.57. The minimum Gasteiger partial charge on any atom is -0.490 e. The number of urea groups is 1. The summed E-state index contributed by atoms with van der Waals surface area (Å²) in [6, 6.07) is 12.7. The van der Waals surface area contributed by atoms with Crippen LogP contribution in [0, 0.1) is 0 Å². The molecule has 2 rings (SSSR count). The number of hydrogen-bond acceptors (Lipinski definition) is 5. The van der Waals surface area contributed by atoms with Gasteiger partial charge in [-0.05, 0) is 26.3 Å². The van der Waals surface area contributed by atoms with Crippen molar-refractivity contribution >= 4 is 11.7 Å². The topological polar surface area (TPSA) is 80.3 Å². The van der Waals surface area contributed by atoms with Gasteiger partial charge in [-0.3, -0.25) is 0 Å². The van der Waals surface area contributed by atoms with Crippen molar-refractivity contribution in [2.24, 2.45) is 0 Å². The predicted octanol–water partition coefficient (Wildman–Crippen LogP) is 3.91. The maximum atomic E-state index is 12.8. The predicted molar refractivity (Wildman–Crippen MR) is 113 cm³/mol. The van der Waals surface area contributed by atoms with Crippen LogP contribution >= 0.6 is 0 Å². The smallest absolute Gasteiger partial charge is 0.322 e. The second-order valence-corrected chi connectivity index (χ2v) is 6.16. The highest BCUT2D eigenvalue weighted by molar-refractivity contribution is 5.90. The molecule has 0 spiro atoms. The van der Waals surface area contributed by atoms with E-state index < -0.39 is 0 Å². The molecule has 0 aliphatic carbocycles. The molecule has 7 nitrogen and oxygen atoms in total. The van der Waals surface area contributed by atoms with Crippen LogP contribution in [0.2, 0.25) is 0 Å². The number of benzene rings is 2. The van der Waals surface area contributed by atoms with Crippen LogP contribution in [0.25, 0.3) is 0 Å². The molecule has 0 saturated heterocycles. The minimum atomic E-state index is -0.322. The second kappa shape index (κ2) is 11.8. The van der Waals surface area contributed by atoms with Crippen LogP contribution < -0.4 is 19.5 Å². The van der Waals surface area contributed by atoms with Crippen LogP contribution in [0.15, 0.2) is 42.5 Å². The molecular formula is C22H30N2O5. The zero-order valence-corrected chi connectivity index (χ0v) is 17.3. The lowest BCUT2D eigenvalue weighted by Crippen LogP contribution is -2.36. The Morgan fingerprint density at radius 2 is 1.55 bits per heavy atom. The number of aliphatic hydroxyl groups excluding tert-OH is 1. The number of carbonyl (C=O) groups excluding carboxylic acids is 1. The average molecular weight is 402 g/mol. The van der Waals surface area contributed by atoms with Crippen LogP contribution in [0.3, 0.4) is 0 Å². The fourth-order valence-electron chi connectivity index (χ4n) is 2.84. The Balaban J connectivity index is 2.25. The van der Waals surface area contributed by atoms with Gasteiger partial charge in [0.05, 0.1) is 32.1 Å². The van der Waals surface area contributed by atoms with Gasteiger partial charge in [-0.1, -0.05) is 30.3 Å². The lowest BCUT2D eigenvalue weighted by molar-refractivity contribution is 0.185. The molecule has 0 fully saturated rings. The maximum Gasteiger partial charge on any atom is 0.322 e. The van der Waals surface area contributed by atoms with E-state index in [0.717, 1.165) is 5.56 Å². The van der Waals surface area contributed by atoms with Crippen molar-refractivity contribution in [2.45, 2.75) is 27.3 Å². The van der Waals surface area contributed by atoms with E-state index in [1.54, 1.807) is 17.0 Å². The van der Waals surface area contributed by atoms with E-state index in [-0.39, 0.29) is 19.2 Å². The summed E-state index contributed by atoms with van der Waals surface area (Å²) in [7, 11) is 0. The van der Waals surface area contributed by atoms with Crippen molar-refractivity contribution in [1.82, 2.24) is 4.90 Å². The summed E-state index contributed by atoms with van der Waals surface area (Å²) in [4.78, 5) is 14.4. The molecule has 2 aromatic carbocycles. The van der Waals surface area contributed by atoms with Crippen LogP contribution in [0.1, 0.15) is 26.3 Å². The third-order valence-corrected chi connectivity index (χ3v) is 4.03. The van der Waals surface area contributed by atoms with Crippen molar-refractivity contribution in [2.75, 3.05) is 38.3 Å². The molecule has 0 bridgehead atoms. The maximum absolute atomic E-state index is 12.8. The van der Waals surface area contributed by atoms with Crippen LogP contribution in [0.4, 0.5) is 10.5 Å². The van der Waals surface area contributed by atoms with Gasteiger partial charge in [0.25, 0.3) is 0 Å². The van der Waals surface area contributed by atoms with Gasteiger partial charge < -0.3 is 29.5 Å². The number of hydrogen-bond donors (Lipinski definition) is 2. The minimum absolute atomic E-state index is 0.127. The molecule has 0 heterocycles. The Hall–Kier alpha value is -2.93. The highest BCUT2D eigenvalue weighted by atomic mass is 16.5. The van der Waals surface area contributed by atoms with E-state index in [4.69, 9.17) is 14.2 Å². The van der Waals surface area contributed by atoms with Gasteiger partial charge >= 0.3 is 6.03 Å². The number of anilines is 1.